The molecule has 1 aliphatic heterocycles. The topological polar surface area (TPSA) is 58.4 Å². The van der Waals surface area contributed by atoms with Crippen molar-refractivity contribution in [1.29, 1.82) is 0 Å². The van der Waals surface area contributed by atoms with Gasteiger partial charge in [-0.05, 0) is 38.3 Å². The third kappa shape index (κ3) is 4.64. The smallest absolute Gasteiger partial charge is 0.237 e. The lowest BCUT2D eigenvalue weighted by atomic mass is 9.87. The molecule has 2 atom stereocenters. The second-order valence-corrected chi connectivity index (χ2v) is 6.26. The van der Waals surface area contributed by atoms with Crippen molar-refractivity contribution in [3.63, 3.8) is 0 Å². The van der Waals surface area contributed by atoms with Crippen LogP contribution in [0.1, 0.15) is 40.5 Å². The van der Waals surface area contributed by atoms with Crippen molar-refractivity contribution < 1.29 is 4.79 Å². The second-order valence-electron chi connectivity index (χ2n) is 6.26. The predicted octanol–water partition coefficient (Wildman–Crippen LogP) is 0.960. The van der Waals surface area contributed by atoms with E-state index < -0.39 is 6.04 Å². The molecule has 0 aromatic carbocycles. The quantitative estimate of drug-likeness (QED) is 0.771. The number of nitrogens with zero attached hydrogens (tertiary/aromatic N) is 1. The SMILES string of the molecule is CC(CN1CCCC1)NC(=O)[C@@H](N)C(C)(C)C. The second kappa shape index (κ2) is 5.83. The maximum atomic E-state index is 11.9. The van der Waals surface area contributed by atoms with E-state index in [-0.39, 0.29) is 17.4 Å². The lowest BCUT2D eigenvalue weighted by Crippen LogP contribution is -2.52. The maximum absolute atomic E-state index is 11.9. The summed E-state index contributed by atoms with van der Waals surface area (Å²) >= 11 is 0. The first-order valence-electron chi connectivity index (χ1n) is 6.59. The van der Waals surface area contributed by atoms with Gasteiger partial charge in [0.05, 0.1) is 6.04 Å². The summed E-state index contributed by atoms with van der Waals surface area (Å²) in [5.41, 5.74) is 5.74. The van der Waals surface area contributed by atoms with E-state index >= 15 is 0 Å². The van der Waals surface area contributed by atoms with E-state index in [1.165, 1.54) is 12.8 Å². The van der Waals surface area contributed by atoms with Crippen molar-refractivity contribution >= 4 is 5.91 Å². The zero-order valence-electron chi connectivity index (χ0n) is 11.6. The summed E-state index contributed by atoms with van der Waals surface area (Å²) < 4.78 is 0. The largest absolute Gasteiger partial charge is 0.351 e. The monoisotopic (exact) mass is 241 g/mol. The van der Waals surface area contributed by atoms with Crippen LogP contribution in [0, 0.1) is 5.41 Å². The highest BCUT2D eigenvalue weighted by Crippen LogP contribution is 2.17. The summed E-state index contributed by atoms with van der Waals surface area (Å²) in [6.45, 7) is 11.3. The van der Waals surface area contributed by atoms with E-state index in [0.717, 1.165) is 19.6 Å². The number of carbonyl (C=O) groups is 1. The van der Waals surface area contributed by atoms with E-state index in [2.05, 4.69) is 10.2 Å². The van der Waals surface area contributed by atoms with Crippen LogP contribution in [-0.2, 0) is 4.79 Å². The first-order valence-corrected chi connectivity index (χ1v) is 6.59. The molecule has 0 aliphatic carbocycles. The molecule has 1 aliphatic rings. The van der Waals surface area contributed by atoms with Crippen molar-refractivity contribution in [1.82, 2.24) is 10.2 Å². The van der Waals surface area contributed by atoms with Gasteiger partial charge >= 0.3 is 0 Å². The summed E-state index contributed by atoms with van der Waals surface area (Å²) in [5.74, 6) is -0.0378. The molecule has 1 saturated heterocycles. The number of amides is 1. The Morgan fingerprint density at radius 1 is 1.35 bits per heavy atom. The fourth-order valence-corrected chi connectivity index (χ4v) is 2.12. The lowest BCUT2D eigenvalue weighted by molar-refractivity contribution is -0.125. The number of nitrogens with one attached hydrogen (secondary N) is 1. The van der Waals surface area contributed by atoms with Crippen LogP contribution in [0.5, 0.6) is 0 Å². The highest BCUT2D eigenvalue weighted by atomic mass is 16.2. The van der Waals surface area contributed by atoms with Crippen LogP contribution < -0.4 is 11.1 Å². The van der Waals surface area contributed by atoms with Gasteiger partial charge in [-0.1, -0.05) is 20.8 Å². The maximum Gasteiger partial charge on any atom is 0.237 e. The van der Waals surface area contributed by atoms with Crippen molar-refractivity contribution in [2.24, 2.45) is 11.1 Å². The van der Waals surface area contributed by atoms with Crippen LogP contribution in [0.4, 0.5) is 0 Å². The normalized spacial score (nSPS) is 21.2. The van der Waals surface area contributed by atoms with Crippen LogP contribution in [-0.4, -0.2) is 42.5 Å². The van der Waals surface area contributed by atoms with Gasteiger partial charge in [-0.3, -0.25) is 4.79 Å². The van der Waals surface area contributed by atoms with Gasteiger partial charge in [0.15, 0.2) is 0 Å². The third-order valence-corrected chi connectivity index (χ3v) is 3.33. The molecule has 1 fully saturated rings. The molecule has 0 spiro atoms. The molecule has 4 heteroatoms. The molecule has 1 amide bonds. The highest BCUT2D eigenvalue weighted by molar-refractivity contribution is 5.82. The summed E-state index contributed by atoms with van der Waals surface area (Å²) in [7, 11) is 0. The van der Waals surface area contributed by atoms with E-state index in [1.54, 1.807) is 0 Å². The molecule has 0 bridgehead atoms. The fourth-order valence-electron chi connectivity index (χ4n) is 2.12. The average Bonchev–Trinajstić information content (AvgIpc) is 2.67. The van der Waals surface area contributed by atoms with Crippen LogP contribution in [0.2, 0.25) is 0 Å². The molecule has 0 aromatic heterocycles. The van der Waals surface area contributed by atoms with Crippen molar-refractivity contribution in [3.8, 4) is 0 Å². The highest BCUT2D eigenvalue weighted by Gasteiger charge is 2.28. The average molecular weight is 241 g/mol. The minimum atomic E-state index is -0.441. The van der Waals surface area contributed by atoms with Gasteiger partial charge in [0, 0.05) is 12.6 Å². The molecular weight excluding hydrogens is 214 g/mol. The summed E-state index contributed by atoms with van der Waals surface area (Å²) in [6, 6.07) is -0.266. The number of rotatable bonds is 4. The Morgan fingerprint density at radius 3 is 2.35 bits per heavy atom. The summed E-state index contributed by atoms with van der Waals surface area (Å²) in [5, 5.41) is 3.01. The molecule has 1 unspecified atom stereocenters. The van der Waals surface area contributed by atoms with Crippen LogP contribution in [0.3, 0.4) is 0 Å². The van der Waals surface area contributed by atoms with Gasteiger partial charge in [0.2, 0.25) is 5.91 Å². The van der Waals surface area contributed by atoms with E-state index in [1.807, 2.05) is 27.7 Å². The Balaban J connectivity index is 2.34. The van der Waals surface area contributed by atoms with E-state index in [9.17, 15) is 4.79 Å². The standard InChI is InChI=1S/C13H27N3O/c1-10(9-16-7-5-6-8-16)15-12(17)11(14)13(2,3)4/h10-11H,5-9,14H2,1-4H3,(H,15,17)/t10?,11-/m1/s1. The molecule has 0 radical (unpaired) electrons. The molecule has 1 rings (SSSR count). The number of hydrogen-bond donors (Lipinski definition) is 2. The van der Waals surface area contributed by atoms with Gasteiger partial charge in [-0.15, -0.1) is 0 Å². The molecule has 4 nitrogen and oxygen atoms in total. The number of carbonyl (C=O) groups excluding carboxylic acids is 1. The van der Waals surface area contributed by atoms with Crippen LogP contribution in [0.15, 0.2) is 0 Å². The summed E-state index contributed by atoms with van der Waals surface area (Å²) in [6.07, 6.45) is 2.56. The zero-order chi connectivity index (χ0) is 13.1. The zero-order valence-corrected chi connectivity index (χ0v) is 11.6. The van der Waals surface area contributed by atoms with E-state index in [0.29, 0.717) is 0 Å². The van der Waals surface area contributed by atoms with Gasteiger partial charge in [-0.2, -0.15) is 0 Å². The fraction of sp³-hybridized carbons (Fsp3) is 0.923. The molecule has 3 N–H and O–H groups in total. The molecule has 1 heterocycles. The first kappa shape index (κ1) is 14.5. The van der Waals surface area contributed by atoms with Gasteiger partial charge < -0.3 is 16.0 Å². The number of likely N-dealkylation sites (tertiary alicyclic amines) is 1. The molecular formula is C13H27N3O. The van der Waals surface area contributed by atoms with Gasteiger partial charge in [-0.25, -0.2) is 0 Å². The lowest BCUT2D eigenvalue weighted by Gasteiger charge is -2.28. The molecule has 100 valence electrons. The Bertz CT molecular complexity index is 254. The first-order chi connectivity index (χ1) is 7.80. The Hall–Kier alpha value is -0.610. The molecule has 0 saturated carbocycles. The van der Waals surface area contributed by atoms with Gasteiger partial charge in [0.1, 0.15) is 0 Å². The number of hydrogen-bond acceptors (Lipinski definition) is 3. The Kier molecular flexibility index (Phi) is 4.95. The van der Waals surface area contributed by atoms with E-state index in [4.69, 9.17) is 5.73 Å². The predicted molar refractivity (Wildman–Crippen MR) is 70.7 cm³/mol. The van der Waals surface area contributed by atoms with Crippen molar-refractivity contribution in [3.05, 3.63) is 0 Å². The minimum Gasteiger partial charge on any atom is -0.351 e. The van der Waals surface area contributed by atoms with Crippen LogP contribution in [0.25, 0.3) is 0 Å². The third-order valence-electron chi connectivity index (χ3n) is 3.33. The van der Waals surface area contributed by atoms with Crippen molar-refractivity contribution in [2.75, 3.05) is 19.6 Å². The minimum absolute atomic E-state index is 0.0378. The Morgan fingerprint density at radius 2 is 1.88 bits per heavy atom. The molecule has 0 aromatic rings. The van der Waals surface area contributed by atoms with Crippen LogP contribution >= 0.6 is 0 Å². The van der Waals surface area contributed by atoms with Crippen molar-refractivity contribution in [2.45, 2.75) is 52.6 Å². The Labute approximate surface area is 105 Å². The summed E-state index contributed by atoms with van der Waals surface area (Å²) in [4.78, 5) is 14.3. The van der Waals surface area contributed by atoms with Gasteiger partial charge in [0.25, 0.3) is 0 Å². The molecule has 17 heavy (non-hydrogen) atoms. The number of nitrogens with two attached hydrogens (primary N) is 1.